The van der Waals surface area contributed by atoms with Gasteiger partial charge >= 0.3 is 0 Å². The summed E-state index contributed by atoms with van der Waals surface area (Å²) >= 11 is 0. The third-order valence-corrected chi connectivity index (χ3v) is 1.72. The minimum atomic E-state index is -0.950. The summed E-state index contributed by atoms with van der Waals surface area (Å²) in [4.78, 5) is 0. The standard InChI is InChI=1S/C7H13N3O/c1-7(11,5-8)6-3-9-10(2)4-6/h3-4,11H,5,8H2,1-2H3. The van der Waals surface area contributed by atoms with E-state index in [-0.39, 0.29) is 6.54 Å². The maximum Gasteiger partial charge on any atom is 0.102 e. The van der Waals surface area contributed by atoms with Crippen molar-refractivity contribution in [2.24, 2.45) is 12.8 Å². The van der Waals surface area contributed by atoms with E-state index in [1.807, 2.05) is 0 Å². The van der Waals surface area contributed by atoms with Crippen LogP contribution in [0.3, 0.4) is 0 Å². The molecule has 0 aliphatic carbocycles. The monoisotopic (exact) mass is 155 g/mol. The fourth-order valence-corrected chi connectivity index (χ4v) is 0.817. The smallest absolute Gasteiger partial charge is 0.102 e. The Balaban J connectivity index is 2.92. The van der Waals surface area contributed by atoms with Gasteiger partial charge in [-0.25, -0.2) is 0 Å². The van der Waals surface area contributed by atoms with Crippen LogP contribution in [0, 0.1) is 0 Å². The summed E-state index contributed by atoms with van der Waals surface area (Å²) < 4.78 is 1.64. The summed E-state index contributed by atoms with van der Waals surface area (Å²) in [5.74, 6) is 0. The van der Waals surface area contributed by atoms with E-state index in [0.717, 1.165) is 5.56 Å². The Hall–Kier alpha value is -0.870. The third kappa shape index (κ3) is 1.58. The van der Waals surface area contributed by atoms with E-state index >= 15 is 0 Å². The molecule has 1 heterocycles. The van der Waals surface area contributed by atoms with Gasteiger partial charge in [-0.05, 0) is 6.92 Å². The first-order valence-electron chi connectivity index (χ1n) is 3.48. The Morgan fingerprint density at radius 1 is 1.82 bits per heavy atom. The largest absolute Gasteiger partial charge is 0.384 e. The van der Waals surface area contributed by atoms with Gasteiger partial charge in [0, 0.05) is 25.4 Å². The highest BCUT2D eigenvalue weighted by molar-refractivity contribution is 5.13. The van der Waals surface area contributed by atoms with Crippen molar-refractivity contribution < 1.29 is 5.11 Å². The van der Waals surface area contributed by atoms with Gasteiger partial charge in [0.05, 0.1) is 6.20 Å². The van der Waals surface area contributed by atoms with Crippen molar-refractivity contribution in [3.05, 3.63) is 18.0 Å². The number of nitrogens with two attached hydrogens (primary N) is 1. The SMILES string of the molecule is Cn1cc(C(C)(O)CN)cn1. The topological polar surface area (TPSA) is 64.1 Å². The van der Waals surface area contributed by atoms with Crippen LogP contribution < -0.4 is 5.73 Å². The zero-order valence-corrected chi connectivity index (χ0v) is 6.78. The average molecular weight is 155 g/mol. The highest BCUT2D eigenvalue weighted by atomic mass is 16.3. The molecule has 3 N–H and O–H groups in total. The molecule has 0 bridgehead atoms. The highest BCUT2D eigenvalue weighted by Gasteiger charge is 2.21. The Bertz CT molecular complexity index is 242. The van der Waals surface area contributed by atoms with Crippen LogP contribution in [0.1, 0.15) is 12.5 Å². The van der Waals surface area contributed by atoms with Gasteiger partial charge in [-0.1, -0.05) is 0 Å². The van der Waals surface area contributed by atoms with Crippen molar-refractivity contribution in [2.75, 3.05) is 6.54 Å². The summed E-state index contributed by atoms with van der Waals surface area (Å²) in [6.45, 7) is 1.88. The molecule has 0 fully saturated rings. The quantitative estimate of drug-likeness (QED) is 0.610. The molecule has 0 radical (unpaired) electrons. The maximum atomic E-state index is 9.63. The molecule has 0 saturated heterocycles. The molecule has 0 spiro atoms. The zero-order valence-electron chi connectivity index (χ0n) is 6.78. The molecule has 4 nitrogen and oxygen atoms in total. The fraction of sp³-hybridized carbons (Fsp3) is 0.571. The normalized spacial score (nSPS) is 16.4. The first kappa shape index (κ1) is 8.23. The second-order valence-corrected chi connectivity index (χ2v) is 2.88. The van der Waals surface area contributed by atoms with Crippen LogP contribution in [-0.4, -0.2) is 21.4 Å². The van der Waals surface area contributed by atoms with Crippen molar-refractivity contribution in [2.45, 2.75) is 12.5 Å². The van der Waals surface area contributed by atoms with Crippen LogP contribution in [0.2, 0.25) is 0 Å². The van der Waals surface area contributed by atoms with Crippen molar-refractivity contribution in [1.29, 1.82) is 0 Å². The molecule has 0 aliphatic heterocycles. The Morgan fingerprint density at radius 2 is 2.45 bits per heavy atom. The number of hydrogen-bond acceptors (Lipinski definition) is 3. The van der Waals surface area contributed by atoms with Gasteiger partial charge in [0.1, 0.15) is 5.60 Å². The lowest BCUT2D eigenvalue weighted by Gasteiger charge is -2.18. The van der Waals surface area contributed by atoms with Crippen LogP contribution in [0.5, 0.6) is 0 Å². The molecule has 1 aromatic rings. The van der Waals surface area contributed by atoms with Crippen LogP contribution in [-0.2, 0) is 12.6 Å². The van der Waals surface area contributed by atoms with Crippen molar-refractivity contribution in [3.8, 4) is 0 Å². The van der Waals surface area contributed by atoms with E-state index in [0.29, 0.717) is 0 Å². The predicted octanol–water partition coefficient (Wildman–Crippen LogP) is -0.414. The number of nitrogens with zero attached hydrogens (tertiary/aromatic N) is 2. The van der Waals surface area contributed by atoms with Crippen LogP contribution >= 0.6 is 0 Å². The lowest BCUT2D eigenvalue weighted by atomic mass is 10.0. The third-order valence-electron chi connectivity index (χ3n) is 1.72. The molecule has 1 atom stereocenters. The van der Waals surface area contributed by atoms with Gasteiger partial charge in [0.2, 0.25) is 0 Å². The minimum Gasteiger partial charge on any atom is -0.384 e. The average Bonchev–Trinajstić information content (AvgIpc) is 2.36. The predicted molar refractivity (Wildman–Crippen MR) is 41.8 cm³/mol. The summed E-state index contributed by atoms with van der Waals surface area (Å²) in [5.41, 5.74) is 5.16. The molecule has 0 aliphatic rings. The number of aliphatic hydroxyl groups is 1. The number of aromatic nitrogens is 2. The summed E-state index contributed by atoms with van der Waals surface area (Å²) in [6, 6.07) is 0. The van der Waals surface area contributed by atoms with E-state index in [2.05, 4.69) is 5.10 Å². The minimum absolute atomic E-state index is 0.207. The first-order chi connectivity index (χ1) is 5.06. The molecule has 1 rings (SSSR count). The molecule has 1 unspecified atom stereocenters. The second kappa shape index (κ2) is 2.64. The van der Waals surface area contributed by atoms with Crippen LogP contribution in [0.25, 0.3) is 0 Å². The summed E-state index contributed by atoms with van der Waals surface area (Å²) in [7, 11) is 1.80. The summed E-state index contributed by atoms with van der Waals surface area (Å²) in [6.07, 6.45) is 3.37. The van der Waals surface area contributed by atoms with Gasteiger partial charge in [-0.3, -0.25) is 4.68 Å². The molecule has 0 amide bonds. The van der Waals surface area contributed by atoms with E-state index in [1.165, 1.54) is 0 Å². The molecule has 0 aromatic carbocycles. The van der Waals surface area contributed by atoms with Gasteiger partial charge < -0.3 is 10.8 Å². The van der Waals surface area contributed by atoms with Crippen LogP contribution in [0.15, 0.2) is 12.4 Å². The fourth-order valence-electron chi connectivity index (χ4n) is 0.817. The van der Waals surface area contributed by atoms with E-state index in [9.17, 15) is 5.11 Å². The highest BCUT2D eigenvalue weighted by Crippen LogP contribution is 2.17. The molecule has 62 valence electrons. The summed E-state index contributed by atoms with van der Waals surface area (Å²) in [5, 5.41) is 13.6. The lowest BCUT2D eigenvalue weighted by Crippen LogP contribution is -2.30. The van der Waals surface area contributed by atoms with Crippen molar-refractivity contribution >= 4 is 0 Å². The number of rotatable bonds is 2. The van der Waals surface area contributed by atoms with Gasteiger partial charge in [0.25, 0.3) is 0 Å². The Labute approximate surface area is 65.6 Å². The second-order valence-electron chi connectivity index (χ2n) is 2.88. The first-order valence-corrected chi connectivity index (χ1v) is 3.48. The molecular formula is C7H13N3O. The Morgan fingerprint density at radius 3 is 2.82 bits per heavy atom. The zero-order chi connectivity index (χ0) is 8.48. The van der Waals surface area contributed by atoms with E-state index < -0.39 is 5.60 Å². The molecule has 4 heteroatoms. The van der Waals surface area contributed by atoms with Gasteiger partial charge in [-0.15, -0.1) is 0 Å². The van der Waals surface area contributed by atoms with E-state index in [4.69, 9.17) is 5.73 Å². The molecule has 0 saturated carbocycles. The van der Waals surface area contributed by atoms with Crippen LogP contribution in [0.4, 0.5) is 0 Å². The van der Waals surface area contributed by atoms with Gasteiger partial charge in [-0.2, -0.15) is 5.10 Å². The maximum absolute atomic E-state index is 9.63. The van der Waals surface area contributed by atoms with E-state index in [1.54, 1.807) is 31.0 Å². The van der Waals surface area contributed by atoms with Crippen molar-refractivity contribution in [1.82, 2.24) is 9.78 Å². The van der Waals surface area contributed by atoms with Gasteiger partial charge in [0.15, 0.2) is 0 Å². The molecule has 1 aromatic heterocycles. The van der Waals surface area contributed by atoms with Crippen molar-refractivity contribution in [3.63, 3.8) is 0 Å². The Kier molecular flexibility index (Phi) is 1.97. The molecule has 11 heavy (non-hydrogen) atoms. The molecular weight excluding hydrogens is 142 g/mol. The lowest BCUT2D eigenvalue weighted by molar-refractivity contribution is 0.0667. The number of aryl methyl sites for hydroxylation is 1. The number of hydrogen-bond donors (Lipinski definition) is 2.